The summed E-state index contributed by atoms with van der Waals surface area (Å²) in [5, 5.41) is 54.6. The topological polar surface area (TPSA) is 498 Å². The fourth-order valence-corrected chi connectivity index (χ4v) is 11.2. The van der Waals surface area contributed by atoms with Crippen molar-refractivity contribution < 1.29 is 127 Å². The lowest BCUT2D eigenvalue weighted by Crippen LogP contribution is -2.59. The van der Waals surface area contributed by atoms with Crippen LogP contribution in [-0.2, 0) is 62.2 Å². The normalized spacial score (nSPS) is 13.3. The number of carbonyl (C=O) groups is 11. The van der Waals surface area contributed by atoms with Crippen molar-refractivity contribution in [1.82, 2.24) is 26.6 Å². The number of hydrogen-bond acceptors (Lipinski definition) is 20. The Bertz CT molecular complexity index is 2400. The Hall–Kier alpha value is -6.35. The summed E-state index contributed by atoms with van der Waals surface area (Å²) in [5.41, 5.74) is 29.1. The highest BCUT2D eigenvalue weighted by atomic mass is 32.2. The SMILES string of the molecule is CCCCCCCCCCCCCCCC(=O)OC[C@H](CSC[C@H](N)C(=O)N[C@@H](CO)C(=O)N[C@@H](CCCCN)C(=O)N[C@@H](CCCCN)C(=O)N[C@@H](CCCCN)C(=O)N[C@@H](CCCCN)C(=O)O)OC(=O)CCCCCCCCCCCCCCC.O=C(O)C(F)(F)F.O=C(O)C(F)(F)F.O=C(O)C(F)(F)F. The van der Waals surface area contributed by atoms with Gasteiger partial charge in [-0.2, -0.15) is 51.3 Å². The van der Waals surface area contributed by atoms with Gasteiger partial charge in [-0.1, -0.05) is 168 Å². The van der Waals surface area contributed by atoms with Gasteiger partial charge in [0.15, 0.2) is 0 Å². The number of rotatable bonds is 63. The molecule has 38 heteroatoms. The zero-order chi connectivity index (χ0) is 83.5. The van der Waals surface area contributed by atoms with E-state index in [0.717, 1.165) is 38.5 Å². The minimum atomic E-state index is -5.08. The van der Waals surface area contributed by atoms with Gasteiger partial charge in [-0.25, -0.2) is 19.2 Å². The number of nitrogens with two attached hydrogens (primary N) is 5. The fraction of sp³-hybridized carbons (Fsp3) is 0.845. The van der Waals surface area contributed by atoms with Crippen LogP contribution in [0, 0.1) is 0 Å². The Kier molecular flexibility index (Phi) is 69.6. The average Bonchev–Trinajstić information content (AvgIpc) is 0.860. The number of nitrogens with one attached hydrogen (secondary N) is 5. The number of carbonyl (C=O) groups excluding carboxylic acids is 7. The first-order valence-electron chi connectivity index (χ1n) is 38.2. The van der Waals surface area contributed by atoms with Crippen LogP contribution in [0.4, 0.5) is 39.5 Å². The summed E-state index contributed by atoms with van der Waals surface area (Å²) in [7, 11) is 0. The van der Waals surface area contributed by atoms with Crippen LogP contribution in [0.15, 0.2) is 0 Å². The molecular weight excluding hydrogens is 1480 g/mol. The van der Waals surface area contributed by atoms with Crippen LogP contribution in [0.25, 0.3) is 0 Å². The smallest absolute Gasteiger partial charge is 0.480 e. The van der Waals surface area contributed by atoms with Crippen molar-refractivity contribution in [2.24, 2.45) is 28.7 Å². The van der Waals surface area contributed by atoms with Gasteiger partial charge in [-0.05, 0) is 116 Å². The van der Waals surface area contributed by atoms with Crippen LogP contribution in [-0.4, -0.2) is 203 Å². The minimum Gasteiger partial charge on any atom is -0.480 e. The van der Waals surface area contributed by atoms with Gasteiger partial charge in [0.05, 0.1) is 12.6 Å². The number of aliphatic hydroxyl groups excluding tert-OH is 1. The number of halogens is 9. The number of ether oxygens (including phenoxy) is 2. The molecule has 0 aromatic rings. The maximum atomic E-state index is 14.1. The number of hydrogen-bond donors (Lipinski definition) is 15. The van der Waals surface area contributed by atoms with Crippen molar-refractivity contribution in [3.8, 4) is 0 Å². The van der Waals surface area contributed by atoms with Gasteiger partial charge >= 0.3 is 54.3 Å². The second-order valence-electron chi connectivity index (χ2n) is 26.3. The van der Waals surface area contributed by atoms with E-state index in [9.17, 15) is 88.1 Å². The molecule has 20 N–H and O–H groups in total. The van der Waals surface area contributed by atoms with Crippen LogP contribution in [0.5, 0.6) is 0 Å². The van der Waals surface area contributed by atoms with Gasteiger partial charge in [0.1, 0.15) is 42.9 Å². The number of unbranched alkanes of at least 4 members (excludes halogenated alkanes) is 28. The second kappa shape index (κ2) is 69.6. The average molecular weight is 1610 g/mol. The predicted octanol–water partition coefficient (Wildman–Crippen LogP) is 9.38. The van der Waals surface area contributed by atoms with Gasteiger partial charge in [0, 0.05) is 24.3 Å². The Balaban J connectivity index is -0.00000227. The van der Waals surface area contributed by atoms with Gasteiger partial charge in [0.25, 0.3) is 0 Å². The van der Waals surface area contributed by atoms with Gasteiger partial charge in [0.2, 0.25) is 29.5 Å². The zero-order valence-corrected chi connectivity index (χ0v) is 64.5. The van der Waals surface area contributed by atoms with E-state index in [-0.39, 0.29) is 69.2 Å². The highest BCUT2D eigenvalue weighted by Crippen LogP contribution is 2.20. The molecule has 0 aliphatic heterocycles. The molecule has 0 aromatic heterocycles. The highest BCUT2D eigenvalue weighted by molar-refractivity contribution is 7.99. The molecule has 0 saturated carbocycles. The lowest BCUT2D eigenvalue weighted by atomic mass is 10.0. The van der Waals surface area contributed by atoms with Crippen LogP contribution in [0.2, 0.25) is 0 Å². The molecule has 0 rings (SSSR count). The van der Waals surface area contributed by atoms with E-state index in [2.05, 4.69) is 40.4 Å². The Morgan fingerprint density at radius 2 is 0.615 bits per heavy atom. The Labute approximate surface area is 639 Å². The summed E-state index contributed by atoms with van der Waals surface area (Å²) in [4.78, 5) is 134. The fourth-order valence-electron chi connectivity index (χ4n) is 10.2. The molecule has 0 aliphatic rings. The van der Waals surface area contributed by atoms with Gasteiger partial charge in [-0.15, -0.1) is 0 Å². The van der Waals surface area contributed by atoms with E-state index >= 15 is 0 Å². The summed E-state index contributed by atoms with van der Waals surface area (Å²) in [5.74, 6) is -14.0. The summed E-state index contributed by atoms with van der Waals surface area (Å²) in [6, 6.07) is -7.60. The number of aliphatic carboxylic acids is 4. The molecule has 0 spiro atoms. The molecule has 0 fully saturated rings. The molecule has 0 aromatic carbocycles. The molecule has 0 unspecified atom stereocenters. The Morgan fingerprint density at radius 1 is 0.358 bits per heavy atom. The van der Waals surface area contributed by atoms with E-state index < -0.39 is 127 Å². The number of thioether (sulfide) groups is 1. The van der Waals surface area contributed by atoms with Crippen LogP contribution in [0.3, 0.4) is 0 Å². The monoisotopic (exact) mass is 1610 g/mol. The van der Waals surface area contributed by atoms with Crippen molar-refractivity contribution in [3.05, 3.63) is 0 Å². The predicted molar refractivity (Wildman–Crippen MR) is 394 cm³/mol. The van der Waals surface area contributed by atoms with E-state index in [1.807, 2.05) is 0 Å². The maximum absolute atomic E-state index is 14.1. The molecule has 5 amide bonds. The molecule has 0 bridgehead atoms. The molecule has 0 aliphatic carbocycles. The third kappa shape index (κ3) is 67.1. The number of amides is 5. The zero-order valence-electron chi connectivity index (χ0n) is 63.7. The van der Waals surface area contributed by atoms with Crippen molar-refractivity contribution in [1.29, 1.82) is 0 Å². The first kappa shape index (κ1) is 109. The standard InChI is InChI=1S/C65H126N10O12S.3C2HF3O2/c1-3-5-7-9-11-13-15-17-19-21-23-25-27-41-58(77)86-48-51(87-59(78)42-28-26-24-22-20-18-16-14-12-10-8-6-4-2)49-88-50-52(70)60(79)75-57(47-76)64(83)73-54(38-30-34-44-67)62(81)71-53(37-29-33-43-66)61(80)72-55(39-31-35-45-68)63(82)74-56(65(84)85)40-32-36-46-69;3*3-2(4,5)1(6)7/h51-57,76H,3-50,66-70H2,1-2H3,(H,71,81)(H,72,80)(H,73,83)(H,74,82)(H,75,79)(H,84,85);3*(H,6,7)/t51-,52+,53+,54+,55+,56+,57+;;;/m1.../s1. The molecule has 0 heterocycles. The van der Waals surface area contributed by atoms with Gasteiger partial charge < -0.3 is 90.3 Å². The quantitative estimate of drug-likeness (QED) is 0.0153. The third-order valence-electron chi connectivity index (χ3n) is 16.5. The van der Waals surface area contributed by atoms with E-state index in [0.29, 0.717) is 83.8 Å². The summed E-state index contributed by atoms with van der Waals surface area (Å²) < 4.78 is 107. The Morgan fingerprint density at radius 3 is 0.890 bits per heavy atom. The van der Waals surface area contributed by atoms with Crippen molar-refractivity contribution in [3.63, 3.8) is 0 Å². The third-order valence-corrected chi connectivity index (χ3v) is 17.7. The number of carboxylic acid groups (broad SMARTS) is 4. The molecular formula is C71H129F9N10O18S. The van der Waals surface area contributed by atoms with E-state index in [4.69, 9.17) is 67.8 Å². The second-order valence-corrected chi connectivity index (χ2v) is 27.4. The van der Waals surface area contributed by atoms with Crippen LogP contribution in [0.1, 0.15) is 271 Å². The van der Waals surface area contributed by atoms with Crippen molar-refractivity contribution in [2.45, 2.75) is 332 Å². The van der Waals surface area contributed by atoms with Crippen molar-refractivity contribution >= 4 is 77.1 Å². The first-order chi connectivity index (χ1) is 51.4. The molecule has 109 heavy (non-hydrogen) atoms. The highest BCUT2D eigenvalue weighted by Gasteiger charge is 2.40. The molecule has 640 valence electrons. The number of aliphatic hydroxyl groups is 1. The van der Waals surface area contributed by atoms with E-state index in [1.165, 1.54) is 127 Å². The minimum absolute atomic E-state index is 0.00755. The summed E-state index contributed by atoms with van der Waals surface area (Å²) in [6.45, 7) is 4.72. The summed E-state index contributed by atoms with van der Waals surface area (Å²) in [6.07, 6.45) is 19.3. The number of alkyl halides is 9. The number of esters is 2. The van der Waals surface area contributed by atoms with E-state index in [1.54, 1.807) is 0 Å². The lowest BCUT2D eigenvalue weighted by molar-refractivity contribution is -0.193. The molecule has 0 saturated heterocycles. The first-order valence-corrected chi connectivity index (χ1v) is 39.4. The maximum Gasteiger partial charge on any atom is 0.490 e. The summed E-state index contributed by atoms with van der Waals surface area (Å²) >= 11 is 1.20. The molecule has 0 radical (unpaired) electrons. The van der Waals surface area contributed by atoms with Crippen LogP contribution < -0.4 is 55.3 Å². The lowest BCUT2D eigenvalue weighted by Gasteiger charge is -2.27. The van der Waals surface area contributed by atoms with Crippen LogP contribution >= 0.6 is 11.8 Å². The van der Waals surface area contributed by atoms with Crippen molar-refractivity contribution in [2.75, 3.05) is 50.9 Å². The largest absolute Gasteiger partial charge is 0.490 e. The number of carboxylic acids is 4. The van der Waals surface area contributed by atoms with Gasteiger partial charge in [-0.3, -0.25) is 33.6 Å². The molecule has 28 nitrogen and oxygen atoms in total. The molecule has 7 atom stereocenters.